The second-order valence-corrected chi connectivity index (χ2v) is 5.30. The van der Waals surface area contributed by atoms with E-state index >= 15 is 0 Å². The minimum atomic E-state index is 0.0626. The summed E-state index contributed by atoms with van der Waals surface area (Å²) in [6.45, 7) is 0. The molecule has 2 nitrogen and oxygen atoms in total. The number of hydrogen-bond acceptors (Lipinski definition) is 2. The van der Waals surface area contributed by atoms with E-state index in [0.717, 1.165) is 19.3 Å². The molecule has 2 bridgehead atoms. The Morgan fingerprint density at radius 3 is 2.83 bits per heavy atom. The number of halogens is 1. The van der Waals surface area contributed by atoms with Gasteiger partial charge in [-0.15, -0.1) is 0 Å². The van der Waals surface area contributed by atoms with Crippen LogP contribution in [0.1, 0.15) is 32.1 Å². The molecule has 12 heavy (non-hydrogen) atoms. The number of hydrogen-bond donors (Lipinski definition) is 0. The molecule has 2 heterocycles. The number of esters is 1. The lowest BCUT2D eigenvalue weighted by atomic mass is 9.87. The predicted molar refractivity (Wildman–Crippen MR) is 54.3 cm³/mol. The fourth-order valence-electron chi connectivity index (χ4n) is 2.05. The Bertz CT molecular complexity index is 191. The van der Waals surface area contributed by atoms with Gasteiger partial charge >= 0.3 is 5.97 Å². The standard InChI is InChI=1S/C9H13IO2/c10-7-3-1-2-6-4-5-8(7)12-9(6)11/h6-8H,1-5H2. The minimum absolute atomic E-state index is 0.0626. The third-order valence-electron chi connectivity index (χ3n) is 2.84. The van der Waals surface area contributed by atoms with Crippen molar-refractivity contribution in [3.63, 3.8) is 0 Å². The van der Waals surface area contributed by atoms with E-state index in [4.69, 9.17) is 4.74 Å². The highest BCUT2D eigenvalue weighted by Crippen LogP contribution is 2.34. The van der Waals surface area contributed by atoms with Crippen molar-refractivity contribution in [2.75, 3.05) is 0 Å². The van der Waals surface area contributed by atoms with Gasteiger partial charge in [-0.1, -0.05) is 29.0 Å². The van der Waals surface area contributed by atoms with Crippen LogP contribution in [0.5, 0.6) is 0 Å². The van der Waals surface area contributed by atoms with Crippen LogP contribution in [0.25, 0.3) is 0 Å². The second-order valence-electron chi connectivity index (χ2n) is 3.70. The molecular formula is C9H13IO2. The lowest BCUT2D eigenvalue weighted by Gasteiger charge is -2.33. The first-order valence-electron chi connectivity index (χ1n) is 4.62. The van der Waals surface area contributed by atoms with Crippen molar-refractivity contribution < 1.29 is 9.53 Å². The van der Waals surface area contributed by atoms with Crippen LogP contribution >= 0.6 is 22.6 Å². The summed E-state index contributed by atoms with van der Waals surface area (Å²) in [6, 6.07) is 0. The van der Waals surface area contributed by atoms with Crippen LogP contribution in [-0.4, -0.2) is 16.0 Å². The third kappa shape index (κ3) is 1.60. The summed E-state index contributed by atoms with van der Waals surface area (Å²) in [6.07, 6.45) is 5.83. The number of ether oxygens (including phenoxy) is 1. The van der Waals surface area contributed by atoms with Crippen molar-refractivity contribution in [2.24, 2.45) is 5.92 Å². The fraction of sp³-hybridized carbons (Fsp3) is 0.889. The van der Waals surface area contributed by atoms with Crippen LogP contribution in [0.15, 0.2) is 0 Å². The first-order valence-corrected chi connectivity index (χ1v) is 5.86. The molecule has 0 spiro atoms. The fourth-order valence-corrected chi connectivity index (χ4v) is 3.00. The Kier molecular flexibility index (Phi) is 2.57. The maximum Gasteiger partial charge on any atom is 0.309 e. The number of carbonyl (C=O) groups is 1. The zero-order valence-corrected chi connectivity index (χ0v) is 9.12. The molecule has 3 unspecified atom stereocenters. The molecule has 0 aromatic carbocycles. The summed E-state index contributed by atoms with van der Waals surface area (Å²) in [7, 11) is 0. The van der Waals surface area contributed by atoms with Crippen LogP contribution in [0.3, 0.4) is 0 Å². The third-order valence-corrected chi connectivity index (χ3v) is 4.26. The van der Waals surface area contributed by atoms with Crippen LogP contribution in [0.2, 0.25) is 0 Å². The van der Waals surface area contributed by atoms with Crippen LogP contribution in [0.4, 0.5) is 0 Å². The molecule has 1 saturated carbocycles. The highest BCUT2D eigenvalue weighted by atomic mass is 127. The van der Waals surface area contributed by atoms with Crippen LogP contribution < -0.4 is 0 Å². The van der Waals surface area contributed by atoms with Gasteiger partial charge in [0.15, 0.2) is 0 Å². The summed E-state index contributed by atoms with van der Waals surface area (Å²) in [4.78, 5) is 11.3. The average Bonchev–Trinajstić information content (AvgIpc) is 2.04. The molecule has 2 saturated heterocycles. The molecule has 3 rings (SSSR count). The van der Waals surface area contributed by atoms with Gasteiger partial charge in [-0.3, -0.25) is 4.79 Å². The van der Waals surface area contributed by atoms with Crippen molar-refractivity contribution in [3.05, 3.63) is 0 Å². The predicted octanol–water partition coefficient (Wildman–Crippen LogP) is 2.30. The van der Waals surface area contributed by atoms with Gasteiger partial charge in [-0.25, -0.2) is 0 Å². The monoisotopic (exact) mass is 280 g/mol. The Hall–Kier alpha value is 0.200. The molecule has 3 atom stereocenters. The summed E-state index contributed by atoms with van der Waals surface area (Å²) in [5.41, 5.74) is 0. The topological polar surface area (TPSA) is 26.3 Å². The van der Waals surface area contributed by atoms with Gasteiger partial charge in [-0.2, -0.15) is 0 Å². The van der Waals surface area contributed by atoms with Gasteiger partial charge in [0.25, 0.3) is 0 Å². The van der Waals surface area contributed by atoms with Crippen molar-refractivity contribution in [1.29, 1.82) is 0 Å². The molecule has 2 aliphatic heterocycles. The molecule has 68 valence electrons. The van der Waals surface area contributed by atoms with Gasteiger partial charge in [-0.05, 0) is 25.7 Å². The van der Waals surface area contributed by atoms with Crippen molar-refractivity contribution in [1.82, 2.24) is 0 Å². The van der Waals surface area contributed by atoms with E-state index < -0.39 is 0 Å². The number of carbonyl (C=O) groups excluding carboxylic acids is 1. The molecular weight excluding hydrogens is 267 g/mol. The van der Waals surface area contributed by atoms with E-state index in [1.807, 2.05) is 0 Å². The quantitative estimate of drug-likeness (QED) is 0.386. The molecule has 0 aromatic rings. The van der Waals surface area contributed by atoms with Gasteiger partial charge < -0.3 is 4.74 Å². The van der Waals surface area contributed by atoms with Crippen molar-refractivity contribution in [2.45, 2.75) is 42.1 Å². The van der Waals surface area contributed by atoms with Crippen molar-refractivity contribution in [3.8, 4) is 0 Å². The summed E-state index contributed by atoms with van der Waals surface area (Å²) < 4.78 is 5.90. The van der Waals surface area contributed by atoms with Crippen LogP contribution in [0, 0.1) is 5.92 Å². The van der Waals surface area contributed by atoms with Gasteiger partial charge in [0, 0.05) is 3.92 Å². The van der Waals surface area contributed by atoms with E-state index in [1.54, 1.807) is 0 Å². The molecule has 0 aromatic heterocycles. The summed E-state index contributed by atoms with van der Waals surface area (Å²) >= 11 is 2.42. The van der Waals surface area contributed by atoms with Gasteiger partial charge in [0.05, 0.1) is 5.92 Å². The number of rotatable bonds is 0. The lowest BCUT2D eigenvalue weighted by molar-refractivity contribution is -0.161. The normalized spacial score (nSPS) is 41.8. The summed E-state index contributed by atoms with van der Waals surface area (Å²) in [5.74, 6) is 0.290. The molecule has 3 aliphatic rings. The van der Waals surface area contributed by atoms with E-state index in [1.165, 1.54) is 12.8 Å². The van der Waals surface area contributed by atoms with E-state index in [0.29, 0.717) is 3.92 Å². The van der Waals surface area contributed by atoms with E-state index in [2.05, 4.69) is 22.6 Å². The van der Waals surface area contributed by atoms with E-state index in [9.17, 15) is 4.79 Å². The highest BCUT2D eigenvalue weighted by molar-refractivity contribution is 14.1. The number of alkyl halides is 1. The Labute approximate surface area is 86.2 Å². The Balaban J connectivity index is 2.11. The van der Waals surface area contributed by atoms with Gasteiger partial charge in [0.2, 0.25) is 0 Å². The molecule has 3 heteroatoms. The minimum Gasteiger partial charge on any atom is -0.461 e. The Morgan fingerprint density at radius 2 is 2.08 bits per heavy atom. The molecule has 0 N–H and O–H groups in total. The first kappa shape index (κ1) is 8.78. The average molecular weight is 280 g/mol. The zero-order chi connectivity index (χ0) is 8.55. The largest absolute Gasteiger partial charge is 0.461 e. The maximum absolute atomic E-state index is 11.3. The maximum atomic E-state index is 11.3. The van der Waals surface area contributed by atoms with Crippen molar-refractivity contribution >= 4 is 28.6 Å². The lowest BCUT2D eigenvalue weighted by Crippen LogP contribution is -2.38. The summed E-state index contributed by atoms with van der Waals surface area (Å²) in [5, 5.41) is 0. The Morgan fingerprint density at radius 1 is 1.25 bits per heavy atom. The molecule has 0 radical (unpaired) electrons. The van der Waals surface area contributed by atoms with E-state index in [-0.39, 0.29) is 18.0 Å². The SMILES string of the molecule is O=C1OC2CCC1CCCC2I. The number of fused-ring (bicyclic) bond motifs is 5. The highest BCUT2D eigenvalue weighted by Gasteiger charge is 2.35. The zero-order valence-electron chi connectivity index (χ0n) is 6.96. The first-order chi connectivity index (χ1) is 5.77. The molecule has 1 aliphatic carbocycles. The smallest absolute Gasteiger partial charge is 0.309 e. The molecule has 0 amide bonds. The van der Waals surface area contributed by atoms with Crippen LogP contribution in [-0.2, 0) is 9.53 Å². The molecule has 3 fully saturated rings. The second kappa shape index (κ2) is 3.52. The van der Waals surface area contributed by atoms with Gasteiger partial charge in [0.1, 0.15) is 6.10 Å².